The molecule has 2 fully saturated rings. The zero-order valence-electron chi connectivity index (χ0n) is 10.8. The van der Waals surface area contributed by atoms with E-state index in [4.69, 9.17) is 0 Å². The van der Waals surface area contributed by atoms with Gasteiger partial charge < -0.3 is 0 Å². The van der Waals surface area contributed by atoms with Crippen molar-refractivity contribution in [1.82, 2.24) is 4.90 Å². The second-order valence-electron chi connectivity index (χ2n) is 3.81. The molecule has 2 unspecified atom stereocenters. The Bertz CT molecular complexity index is 122. The van der Waals surface area contributed by atoms with Gasteiger partial charge in [-0.25, -0.2) is 0 Å². The van der Waals surface area contributed by atoms with Crippen molar-refractivity contribution in [3.05, 3.63) is 0 Å². The Hall–Kier alpha value is -0.0400. The molecule has 2 rings (SSSR count). The summed E-state index contributed by atoms with van der Waals surface area (Å²) in [5.74, 6) is 0. The van der Waals surface area contributed by atoms with Gasteiger partial charge in [-0.05, 0) is 39.2 Å². The quantitative estimate of drug-likeness (QED) is 0.568. The van der Waals surface area contributed by atoms with E-state index < -0.39 is 0 Å². The third-order valence-electron chi connectivity index (χ3n) is 3.15. The summed E-state index contributed by atoms with van der Waals surface area (Å²) in [7, 11) is 0. The molecule has 0 aliphatic carbocycles. The number of piperidine rings is 1. The number of nitrogens with zero attached hydrogens (tertiary/aromatic N) is 1. The second-order valence-corrected chi connectivity index (χ2v) is 3.81. The number of hydrogen-bond donors (Lipinski definition) is 0. The van der Waals surface area contributed by atoms with Crippen LogP contribution in [0.2, 0.25) is 0 Å². The predicted octanol–water partition coefficient (Wildman–Crippen LogP) is 4.08. The van der Waals surface area contributed by atoms with Crippen LogP contribution >= 0.6 is 0 Å². The minimum absolute atomic E-state index is 0.890. The summed E-state index contributed by atoms with van der Waals surface area (Å²) < 4.78 is 0. The Balaban J connectivity index is 0.000000379. The van der Waals surface area contributed by atoms with Crippen LogP contribution in [0.3, 0.4) is 0 Å². The van der Waals surface area contributed by atoms with Crippen molar-refractivity contribution in [3.63, 3.8) is 0 Å². The van der Waals surface area contributed by atoms with E-state index in [-0.39, 0.29) is 0 Å². The summed E-state index contributed by atoms with van der Waals surface area (Å²) in [5, 5.41) is 0. The normalized spacial score (nSPS) is 30.6. The van der Waals surface area contributed by atoms with Gasteiger partial charge in [-0.3, -0.25) is 4.90 Å². The maximum atomic E-state index is 2.71. The Kier molecular flexibility index (Phi) is 8.26. The summed E-state index contributed by atoms with van der Waals surface area (Å²) >= 11 is 0. The topological polar surface area (TPSA) is 3.24 Å². The van der Waals surface area contributed by atoms with Crippen LogP contribution in [0.4, 0.5) is 0 Å². The smallest absolute Gasteiger partial charge is 0.00985 e. The third-order valence-corrected chi connectivity index (χ3v) is 3.15. The lowest BCUT2D eigenvalue weighted by Crippen LogP contribution is -2.40. The molecule has 0 spiro atoms. The lowest BCUT2D eigenvalue weighted by Gasteiger charge is -2.35. The molecule has 0 N–H and O–H groups in total. The van der Waals surface area contributed by atoms with Gasteiger partial charge in [-0.15, -0.1) is 0 Å². The SMILES string of the molecule is CC.CC.CC1CCCC2CCCN12. The van der Waals surface area contributed by atoms with E-state index >= 15 is 0 Å². The molecule has 2 aliphatic heterocycles. The van der Waals surface area contributed by atoms with E-state index in [1.807, 2.05) is 27.7 Å². The molecule has 0 aromatic heterocycles. The van der Waals surface area contributed by atoms with Crippen LogP contribution in [-0.4, -0.2) is 23.5 Å². The van der Waals surface area contributed by atoms with Crippen LogP contribution in [0.1, 0.15) is 66.7 Å². The van der Waals surface area contributed by atoms with Gasteiger partial charge in [0.25, 0.3) is 0 Å². The number of rotatable bonds is 0. The lowest BCUT2D eigenvalue weighted by molar-refractivity contribution is 0.135. The van der Waals surface area contributed by atoms with Gasteiger partial charge in [0.1, 0.15) is 0 Å². The molecular formula is C13H29N. The Morgan fingerprint density at radius 1 is 0.857 bits per heavy atom. The molecular weight excluding hydrogens is 170 g/mol. The maximum absolute atomic E-state index is 2.71. The molecule has 0 saturated carbocycles. The average molecular weight is 199 g/mol. The molecule has 1 heteroatoms. The molecule has 2 saturated heterocycles. The molecule has 2 aliphatic rings. The zero-order chi connectivity index (χ0) is 11.0. The summed E-state index contributed by atoms with van der Waals surface area (Å²) in [5.41, 5.74) is 0. The van der Waals surface area contributed by atoms with Crippen molar-refractivity contribution in [2.24, 2.45) is 0 Å². The lowest BCUT2D eigenvalue weighted by atomic mass is 9.98. The second kappa shape index (κ2) is 8.28. The molecule has 0 radical (unpaired) electrons. The minimum Gasteiger partial charge on any atom is -0.298 e. The predicted molar refractivity (Wildman–Crippen MR) is 65.7 cm³/mol. The molecule has 0 aromatic rings. The van der Waals surface area contributed by atoms with Crippen molar-refractivity contribution in [2.75, 3.05) is 6.54 Å². The van der Waals surface area contributed by atoms with E-state index in [1.54, 1.807) is 0 Å². The molecule has 14 heavy (non-hydrogen) atoms. The van der Waals surface area contributed by atoms with Crippen molar-refractivity contribution in [1.29, 1.82) is 0 Å². The van der Waals surface area contributed by atoms with Crippen LogP contribution in [0.5, 0.6) is 0 Å². The summed E-state index contributed by atoms with van der Waals surface area (Å²) in [6, 6.07) is 1.87. The monoisotopic (exact) mass is 199 g/mol. The Labute approximate surface area is 90.9 Å². The molecule has 2 atom stereocenters. The third kappa shape index (κ3) is 3.61. The first kappa shape index (κ1) is 14.0. The van der Waals surface area contributed by atoms with Crippen molar-refractivity contribution < 1.29 is 0 Å². The summed E-state index contributed by atoms with van der Waals surface area (Å²) in [4.78, 5) is 2.71. The first-order valence-electron chi connectivity index (χ1n) is 6.63. The highest BCUT2D eigenvalue weighted by Gasteiger charge is 2.30. The van der Waals surface area contributed by atoms with Crippen molar-refractivity contribution in [3.8, 4) is 0 Å². The fourth-order valence-corrected chi connectivity index (χ4v) is 2.56. The van der Waals surface area contributed by atoms with Crippen LogP contribution in [0, 0.1) is 0 Å². The molecule has 0 bridgehead atoms. The summed E-state index contributed by atoms with van der Waals surface area (Å²) in [6.45, 7) is 11.8. The Morgan fingerprint density at radius 2 is 1.43 bits per heavy atom. The van der Waals surface area contributed by atoms with E-state index in [0.29, 0.717) is 0 Å². The van der Waals surface area contributed by atoms with E-state index in [9.17, 15) is 0 Å². The highest BCUT2D eigenvalue weighted by molar-refractivity contribution is 4.86. The first-order valence-corrected chi connectivity index (χ1v) is 6.63. The van der Waals surface area contributed by atoms with Crippen LogP contribution in [0.25, 0.3) is 0 Å². The minimum atomic E-state index is 0.890. The zero-order valence-corrected chi connectivity index (χ0v) is 10.8. The molecule has 0 aromatic carbocycles. The van der Waals surface area contributed by atoms with E-state index in [1.165, 1.54) is 38.6 Å². The molecule has 2 heterocycles. The van der Waals surface area contributed by atoms with Crippen molar-refractivity contribution >= 4 is 0 Å². The van der Waals surface area contributed by atoms with Crippen LogP contribution < -0.4 is 0 Å². The highest BCUT2D eigenvalue weighted by Crippen LogP contribution is 2.30. The number of fused-ring (bicyclic) bond motifs is 1. The van der Waals surface area contributed by atoms with Crippen LogP contribution in [0.15, 0.2) is 0 Å². The van der Waals surface area contributed by atoms with Gasteiger partial charge in [-0.2, -0.15) is 0 Å². The van der Waals surface area contributed by atoms with Gasteiger partial charge in [-0.1, -0.05) is 34.1 Å². The van der Waals surface area contributed by atoms with Crippen molar-refractivity contribution in [2.45, 2.75) is 78.8 Å². The largest absolute Gasteiger partial charge is 0.298 e. The maximum Gasteiger partial charge on any atom is 0.00985 e. The van der Waals surface area contributed by atoms with Gasteiger partial charge in [0, 0.05) is 12.1 Å². The van der Waals surface area contributed by atoms with Gasteiger partial charge >= 0.3 is 0 Å². The molecule has 86 valence electrons. The van der Waals surface area contributed by atoms with Gasteiger partial charge in [0.05, 0.1) is 0 Å². The summed E-state index contributed by atoms with van der Waals surface area (Å²) in [6.07, 6.45) is 7.32. The highest BCUT2D eigenvalue weighted by atomic mass is 15.2. The number of hydrogen-bond acceptors (Lipinski definition) is 1. The standard InChI is InChI=1S/C9H17N.2C2H6/c1-8-4-2-5-9-6-3-7-10(8)9;2*1-2/h8-9H,2-7H2,1H3;2*1-2H3. The first-order chi connectivity index (χ1) is 6.88. The fraction of sp³-hybridized carbons (Fsp3) is 1.00. The van der Waals surface area contributed by atoms with E-state index in [0.717, 1.165) is 12.1 Å². The van der Waals surface area contributed by atoms with Gasteiger partial charge in [0.15, 0.2) is 0 Å². The average Bonchev–Trinajstić information content (AvgIpc) is 2.73. The van der Waals surface area contributed by atoms with Crippen LogP contribution in [-0.2, 0) is 0 Å². The molecule has 1 nitrogen and oxygen atoms in total. The fourth-order valence-electron chi connectivity index (χ4n) is 2.56. The molecule has 0 amide bonds. The van der Waals surface area contributed by atoms with E-state index in [2.05, 4.69) is 11.8 Å². The Morgan fingerprint density at radius 3 is 2.00 bits per heavy atom. The van der Waals surface area contributed by atoms with Gasteiger partial charge in [0.2, 0.25) is 0 Å².